The number of aryl methyl sites for hydroxylation is 2. The van der Waals surface area contributed by atoms with Gasteiger partial charge in [-0.25, -0.2) is 12.4 Å². The third-order valence-corrected chi connectivity index (χ3v) is 6.83. The Morgan fingerprint density at radius 1 is 1.04 bits per heavy atom. The number of rotatable bonds is 6. The van der Waals surface area contributed by atoms with E-state index in [-0.39, 0.29) is 0 Å². The molecule has 136 valence electrons. The molecular weight excluding hydrogens is 410 g/mol. The van der Waals surface area contributed by atoms with Gasteiger partial charge >= 0.3 is 0 Å². The van der Waals surface area contributed by atoms with Crippen molar-refractivity contribution >= 4 is 26.0 Å². The van der Waals surface area contributed by atoms with Crippen molar-refractivity contribution in [3.8, 4) is 11.1 Å². The third kappa shape index (κ3) is 3.79. The first-order chi connectivity index (χ1) is 12.4. The smallest absolute Gasteiger partial charge is 0.245 e. The zero-order valence-corrected chi connectivity index (χ0v) is 17.3. The fraction of sp³-hybridized carbons (Fsp3) is 0.238. The number of benzene rings is 2. The van der Waals surface area contributed by atoms with Crippen LogP contribution >= 0.6 is 15.9 Å². The molecule has 0 aliphatic carbocycles. The van der Waals surface area contributed by atoms with Crippen molar-refractivity contribution in [3.63, 3.8) is 0 Å². The van der Waals surface area contributed by atoms with Gasteiger partial charge in [-0.3, -0.25) is 0 Å². The molecule has 0 radical (unpaired) electrons. The van der Waals surface area contributed by atoms with E-state index in [9.17, 15) is 8.42 Å². The molecule has 0 spiro atoms. The average Bonchev–Trinajstić information content (AvgIpc) is 3.05. The summed E-state index contributed by atoms with van der Waals surface area (Å²) in [6.07, 6.45) is 4.43. The van der Waals surface area contributed by atoms with Gasteiger partial charge < -0.3 is 0 Å². The largest absolute Gasteiger partial charge is 0.267 e. The normalized spacial score (nSPS) is 11.7. The Labute approximate surface area is 163 Å². The van der Waals surface area contributed by atoms with Crippen LogP contribution in [0.1, 0.15) is 31.0 Å². The molecule has 0 aliphatic rings. The molecule has 0 N–H and O–H groups in total. The van der Waals surface area contributed by atoms with Crippen molar-refractivity contribution in [1.29, 1.82) is 0 Å². The van der Waals surface area contributed by atoms with Crippen LogP contribution < -0.4 is 0 Å². The Morgan fingerprint density at radius 3 is 2.38 bits per heavy atom. The highest BCUT2D eigenvalue weighted by atomic mass is 79.9. The second-order valence-corrected chi connectivity index (χ2v) is 9.09. The maximum absolute atomic E-state index is 13.2. The number of hydrogen-bond acceptors (Lipinski definition) is 2. The molecule has 3 nitrogen and oxygen atoms in total. The van der Waals surface area contributed by atoms with E-state index >= 15 is 0 Å². The molecule has 0 unspecified atom stereocenters. The van der Waals surface area contributed by atoms with Gasteiger partial charge in [0.15, 0.2) is 0 Å². The fourth-order valence-electron chi connectivity index (χ4n) is 2.92. The number of halogens is 1. The molecule has 3 rings (SSSR count). The van der Waals surface area contributed by atoms with E-state index in [0.717, 1.165) is 46.1 Å². The Hall–Kier alpha value is -1.85. The Morgan fingerprint density at radius 2 is 1.73 bits per heavy atom. The monoisotopic (exact) mass is 431 g/mol. The first kappa shape index (κ1) is 18.9. The zero-order valence-electron chi connectivity index (χ0n) is 14.9. The van der Waals surface area contributed by atoms with Gasteiger partial charge in [-0.2, -0.15) is 0 Å². The first-order valence-corrected chi connectivity index (χ1v) is 10.9. The second kappa shape index (κ2) is 7.80. The van der Waals surface area contributed by atoms with Crippen molar-refractivity contribution in [3.05, 3.63) is 76.5 Å². The molecule has 2 aromatic carbocycles. The van der Waals surface area contributed by atoms with E-state index in [2.05, 4.69) is 22.9 Å². The fourth-order valence-corrected chi connectivity index (χ4v) is 4.85. The van der Waals surface area contributed by atoms with Gasteiger partial charge in [0.25, 0.3) is 10.0 Å². The molecular formula is C21H22BrNO2S. The van der Waals surface area contributed by atoms with Crippen molar-refractivity contribution < 1.29 is 8.42 Å². The predicted molar refractivity (Wildman–Crippen MR) is 110 cm³/mol. The van der Waals surface area contributed by atoms with Crippen LogP contribution in [0.15, 0.2) is 70.2 Å². The van der Waals surface area contributed by atoms with Crippen LogP contribution in [0, 0.1) is 6.92 Å². The SMILES string of the molecule is CCCCc1cc(-c2ccccc2Br)cn1S(=O)(=O)c1ccc(C)cc1. The lowest BCUT2D eigenvalue weighted by atomic mass is 10.1. The Balaban J connectivity index is 2.13. The minimum absolute atomic E-state index is 0.315. The predicted octanol–water partition coefficient (Wildman–Crippen LogP) is 5.81. The maximum Gasteiger partial charge on any atom is 0.267 e. The summed E-state index contributed by atoms with van der Waals surface area (Å²) in [5.74, 6) is 0. The Bertz CT molecular complexity index is 1000. The quantitative estimate of drug-likeness (QED) is 0.494. The molecule has 26 heavy (non-hydrogen) atoms. The summed E-state index contributed by atoms with van der Waals surface area (Å²) in [5, 5.41) is 0. The van der Waals surface area contributed by atoms with Gasteiger partial charge in [0.1, 0.15) is 0 Å². The summed E-state index contributed by atoms with van der Waals surface area (Å²) >= 11 is 3.56. The van der Waals surface area contributed by atoms with Gasteiger partial charge in [-0.15, -0.1) is 0 Å². The number of unbranched alkanes of at least 4 members (excludes halogenated alkanes) is 1. The van der Waals surface area contributed by atoms with Gasteiger partial charge in [0.2, 0.25) is 0 Å². The lowest BCUT2D eigenvalue weighted by molar-refractivity contribution is 0.584. The summed E-state index contributed by atoms with van der Waals surface area (Å²) in [5.41, 5.74) is 3.75. The minimum atomic E-state index is -3.62. The first-order valence-electron chi connectivity index (χ1n) is 8.72. The highest BCUT2D eigenvalue weighted by Crippen LogP contribution is 2.31. The third-order valence-electron chi connectivity index (χ3n) is 4.41. The van der Waals surface area contributed by atoms with Crippen LogP contribution in [0.2, 0.25) is 0 Å². The lowest BCUT2D eigenvalue weighted by Gasteiger charge is -2.10. The number of nitrogens with zero attached hydrogens (tertiary/aromatic N) is 1. The summed E-state index contributed by atoms with van der Waals surface area (Å²) in [6.45, 7) is 4.06. The topological polar surface area (TPSA) is 39.1 Å². The lowest BCUT2D eigenvalue weighted by Crippen LogP contribution is -2.14. The van der Waals surface area contributed by atoms with Gasteiger partial charge in [-0.1, -0.05) is 65.2 Å². The molecule has 1 aromatic heterocycles. The number of hydrogen-bond donors (Lipinski definition) is 0. The van der Waals surface area contributed by atoms with E-state index < -0.39 is 10.0 Å². The molecule has 5 heteroatoms. The summed E-state index contributed by atoms with van der Waals surface area (Å²) in [7, 11) is -3.62. The van der Waals surface area contributed by atoms with Crippen molar-refractivity contribution in [1.82, 2.24) is 3.97 Å². The summed E-state index contributed by atoms with van der Waals surface area (Å²) in [6, 6.07) is 16.9. The summed E-state index contributed by atoms with van der Waals surface area (Å²) in [4.78, 5) is 0.315. The summed E-state index contributed by atoms with van der Waals surface area (Å²) < 4.78 is 28.8. The number of aromatic nitrogens is 1. The molecule has 0 aliphatic heterocycles. The van der Waals surface area contributed by atoms with Crippen LogP contribution in [0.5, 0.6) is 0 Å². The molecule has 0 saturated heterocycles. The van der Waals surface area contributed by atoms with E-state index in [1.807, 2.05) is 49.4 Å². The molecule has 0 bridgehead atoms. The highest BCUT2D eigenvalue weighted by Gasteiger charge is 2.21. The second-order valence-electron chi connectivity index (χ2n) is 6.42. The van der Waals surface area contributed by atoms with E-state index in [0.29, 0.717) is 4.90 Å². The van der Waals surface area contributed by atoms with Crippen molar-refractivity contribution in [2.75, 3.05) is 0 Å². The van der Waals surface area contributed by atoms with Crippen LogP contribution in [0.3, 0.4) is 0 Å². The van der Waals surface area contributed by atoms with Crippen LogP contribution in [0.25, 0.3) is 11.1 Å². The zero-order chi connectivity index (χ0) is 18.7. The van der Waals surface area contributed by atoms with Crippen molar-refractivity contribution in [2.45, 2.75) is 38.0 Å². The molecule has 3 aromatic rings. The molecule has 1 heterocycles. The van der Waals surface area contributed by atoms with Crippen LogP contribution in [0.4, 0.5) is 0 Å². The van der Waals surface area contributed by atoms with Gasteiger partial charge in [0, 0.05) is 21.9 Å². The maximum atomic E-state index is 13.2. The van der Waals surface area contributed by atoms with Crippen molar-refractivity contribution in [2.24, 2.45) is 0 Å². The van der Waals surface area contributed by atoms with E-state index in [1.54, 1.807) is 18.3 Å². The van der Waals surface area contributed by atoms with Gasteiger partial charge in [-0.05, 0) is 49.6 Å². The standard InChI is InChI=1S/C21H22BrNO2S/c1-3-4-7-18-14-17(20-8-5-6-9-21(20)22)15-23(18)26(24,25)19-12-10-16(2)11-13-19/h5-6,8-15H,3-4,7H2,1-2H3. The van der Waals surface area contributed by atoms with E-state index in [1.165, 1.54) is 3.97 Å². The van der Waals surface area contributed by atoms with Crippen LogP contribution in [-0.4, -0.2) is 12.4 Å². The van der Waals surface area contributed by atoms with Gasteiger partial charge in [0.05, 0.1) is 4.90 Å². The molecule has 0 fully saturated rings. The van der Waals surface area contributed by atoms with Crippen LogP contribution in [-0.2, 0) is 16.4 Å². The molecule has 0 amide bonds. The minimum Gasteiger partial charge on any atom is -0.245 e. The average molecular weight is 432 g/mol. The Kier molecular flexibility index (Phi) is 5.68. The van der Waals surface area contributed by atoms with E-state index in [4.69, 9.17) is 0 Å². The highest BCUT2D eigenvalue weighted by molar-refractivity contribution is 9.10. The molecule has 0 atom stereocenters. The molecule has 0 saturated carbocycles.